The van der Waals surface area contributed by atoms with Gasteiger partial charge in [0.2, 0.25) is 5.91 Å². The standard InChI is InChI=1S/C24H30N4O2S/c1-15(2)19-8-10-20(11-9-19)30-18(5)23-26-27-24(28(23)6)31-14-22(29)25-21-12-7-16(3)13-17(21)4/h7-13,15,18H,14H2,1-6H3,(H,25,29). The first-order valence-corrected chi connectivity index (χ1v) is 11.4. The van der Waals surface area contributed by atoms with Crippen LogP contribution in [-0.2, 0) is 11.8 Å². The highest BCUT2D eigenvalue weighted by Gasteiger charge is 2.18. The summed E-state index contributed by atoms with van der Waals surface area (Å²) in [6, 6.07) is 14.1. The van der Waals surface area contributed by atoms with Crippen LogP contribution in [0.5, 0.6) is 5.75 Å². The van der Waals surface area contributed by atoms with Gasteiger partial charge < -0.3 is 14.6 Å². The third kappa shape index (κ3) is 5.88. The van der Waals surface area contributed by atoms with E-state index in [-0.39, 0.29) is 17.8 Å². The van der Waals surface area contributed by atoms with Crippen molar-refractivity contribution >= 4 is 23.4 Å². The lowest BCUT2D eigenvalue weighted by molar-refractivity contribution is -0.113. The zero-order chi connectivity index (χ0) is 22.5. The Bertz CT molecular complexity index is 1040. The molecule has 31 heavy (non-hydrogen) atoms. The molecule has 1 heterocycles. The van der Waals surface area contributed by atoms with Gasteiger partial charge in [-0.25, -0.2) is 0 Å². The monoisotopic (exact) mass is 438 g/mol. The number of amides is 1. The van der Waals surface area contributed by atoms with Crippen molar-refractivity contribution < 1.29 is 9.53 Å². The molecular weight excluding hydrogens is 408 g/mol. The number of ether oxygens (including phenoxy) is 1. The Balaban J connectivity index is 1.58. The molecule has 164 valence electrons. The maximum Gasteiger partial charge on any atom is 0.234 e. The molecule has 1 atom stereocenters. The first-order valence-electron chi connectivity index (χ1n) is 10.4. The molecule has 0 saturated carbocycles. The van der Waals surface area contributed by atoms with Crippen molar-refractivity contribution in [2.75, 3.05) is 11.1 Å². The highest BCUT2D eigenvalue weighted by atomic mass is 32.2. The van der Waals surface area contributed by atoms with Crippen molar-refractivity contribution in [1.29, 1.82) is 0 Å². The van der Waals surface area contributed by atoms with E-state index in [4.69, 9.17) is 4.74 Å². The van der Waals surface area contributed by atoms with Crippen LogP contribution in [0.3, 0.4) is 0 Å². The molecule has 0 bridgehead atoms. The van der Waals surface area contributed by atoms with Gasteiger partial charge in [-0.15, -0.1) is 10.2 Å². The highest BCUT2D eigenvalue weighted by Crippen LogP contribution is 2.25. The molecule has 0 aliphatic rings. The van der Waals surface area contributed by atoms with Gasteiger partial charge in [0.05, 0.1) is 5.75 Å². The predicted octanol–water partition coefficient (Wildman–Crippen LogP) is 5.43. The molecule has 1 unspecified atom stereocenters. The van der Waals surface area contributed by atoms with E-state index in [1.165, 1.54) is 22.9 Å². The van der Waals surface area contributed by atoms with Gasteiger partial charge in [0.15, 0.2) is 17.1 Å². The van der Waals surface area contributed by atoms with Gasteiger partial charge >= 0.3 is 0 Å². The lowest BCUT2D eigenvalue weighted by Crippen LogP contribution is -2.15. The van der Waals surface area contributed by atoms with Gasteiger partial charge in [-0.2, -0.15) is 0 Å². The summed E-state index contributed by atoms with van der Waals surface area (Å²) in [4.78, 5) is 12.4. The van der Waals surface area contributed by atoms with E-state index in [0.29, 0.717) is 16.9 Å². The second kappa shape index (κ2) is 10.0. The fourth-order valence-corrected chi connectivity index (χ4v) is 3.98. The number of aryl methyl sites for hydroxylation is 2. The summed E-state index contributed by atoms with van der Waals surface area (Å²) in [6.45, 7) is 10.3. The molecule has 0 aliphatic heterocycles. The van der Waals surface area contributed by atoms with Crippen LogP contribution in [0.15, 0.2) is 47.6 Å². The van der Waals surface area contributed by atoms with Crippen LogP contribution in [0.1, 0.15) is 55.3 Å². The van der Waals surface area contributed by atoms with E-state index in [0.717, 1.165) is 17.0 Å². The van der Waals surface area contributed by atoms with Crippen molar-refractivity contribution in [3.63, 3.8) is 0 Å². The molecule has 3 rings (SSSR count). The quantitative estimate of drug-likeness (QED) is 0.475. The van der Waals surface area contributed by atoms with Crippen LogP contribution in [0.2, 0.25) is 0 Å². The molecule has 6 nitrogen and oxygen atoms in total. The van der Waals surface area contributed by atoms with Gasteiger partial charge in [0.1, 0.15) is 5.75 Å². The number of nitrogens with one attached hydrogen (secondary N) is 1. The number of thioether (sulfide) groups is 1. The van der Waals surface area contributed by atoms with Gasteiger partial charge in [-0.3, -0.25) is 4.79 Å². The van der Waals surface area contributed by atoms with Gasteiger partial charge in [0, 0.05) is 12.7 Å². The number of anilines is 1. The third-order valence-corrected chi connectivity index (χ3v) is 6.10. The molecule has 1 N–H and O–H groups in total. The molecule has 0 radical (unpaired) electrons. The second-order valence-corrected chi connectivity index (χ2v) is 8.98. The summed E-state index contributed by atoms with van der Waals surface area (Å²) in [5, 5.41) is 12.2. The van der Waals surface area contributed by atoms with E-state index in [1.54, 1.807) is 0 Å². The van der Waals surface area contributed by atoms with Gasteiger partial charge in [-0.05, 0) is 56.0 Å². The Morgan fingerprint density at radius 3 is 2.45 bits per heavy atom. The number of carbonyl (C=O) groups excluding carboxylic acids is 1. The van der Waals surface area contributed by atoms with Crippen molar-refractivity contribution in [3.8, 4) is 5.75 Å². The van der Waals surface area contributed by atoms with E-state index < -0.39 is 0 Å². The Morgan fingerprint density at radius 2 is 1.81 bits per heavy atom. The largest absolute Gasteiger partial charge is 0.483 e. The van der Waals surface area contributed by atoms with Gasteiger partial charge in [-0.1, -0.05) is 55.4 Å². The number of hydrogen-bond acceptors (Lipinski definition) is 5. The topological polar surface area (TPSA) is 69.0 Å². The molecule has 0 fully saturated rings. The normalized spacial score (nSPS) is 12.1. The molecule has 1 amide bonds. The van der Waals surface area contributed by atoms with Crippen LogP contribution in [0, 0.1) is 13.8 Å². The molecule has 0 aliphatic carbocycles. The third-order valence-electron chi connectivity index (χ3n) is 5.08. The minimum atomic E-state index is -0.263. The van der Waals surface area contributed by atoms with Crippen LogP contribution in [0.25, 0.3) is 0 Å². The first-order chi connectivity index (χ1) is 14.7. The highest BCUT2D eigenvalue weighted by molar-refractivity contribution is 7.99. The fourth-order valence-electron chi connectivity index (χ4n) is 3.26. The summed E-state index contributed by atoms with van der Waals surface area (Å²) in [6.07, 6.45) is -0.263. The Morgan fingerprint density at radius 1 is 1.10 bits per heavy atom. The van der Waals surface area contributed by atoms with Crippen molar-refractivity contribution in [3.05, 3.63) is 65.0 Å². The molecule has 0 spiro atoms. The Hall–Kier alpha value is -2.80. The zero-order valence-electron chi connectivity index (χ0n) is 19.0. The number of aromatic nitrogens is 3. The van der Waals surface area contributed by atoms with E-state index in [1.807, 2.05) is 56.7 Å². The minimum Gasteiger partial charge on any atom is -0.483 e. The van der Waals surface area contributed by atoms with Crippen molar-refractivity contribution in [2.24, 2.45) is 7.05 Å². The molecule has 2 aromatic carbocycles. The minimum absolute atomic E-state index is 0.0731. The number of rotatable bonds is 8. The molecule has 1 aromatic heterocycles. The van der Waals surface area contributed by atoms with Crippen LogP contribution < -0.4 is 10.1 Å². The Kier molecular flexibility index (Phi) is 7.38. The number of nitrogens with zero attached hydrogens (tertiary/aromatic N) is 3. The maximum absolute atomic E-state index is 12.4. The van der Waals surface area contributed by atoms with E-state index in [9.17, 15) is 4.79 Å². The zero-order valence-corrected chi connectivity index (χ0v) is 19.8. The first kappa shape index (κ1) is 22.9. The number of benzene rings is 2. The average molecular weight is 439 g/mol. The van der Waals surface area contributed by atoms with E-state index >= 15 is 0 Å². The summed E-state index contributed by atoms with van der Waals surface area (Å²) >= 11 is 1.35. The number of carbonyl (C=O) groups is 1. The molecule has 0 saturated heterocycles. The summed E-state index contributed by atoms with van der Waals surface area (Å²) < 4.78 is 7.92. The molecular formula is C24H30N4O2S. The lowest BCUT2D eigenvalue weighted by atomic mass is 10.0. The van der Waals surface area contributed by atoms with Crippen LogP contribution in [-0.4, -0.2) is 26.4 Å². The Labute approximate surface area is 188 Å². The predicted molar refractivity (Wildman–Crippen MR) is 126 cm³/mol. The smallest absolute Gasteiger partial charge is 0.234 e. The molecule has 7 heteroatoms. The van der Waals surface area contributed by atoms with Gasteiger partial charge in [0.25, 0.3) is 0 Å². The summed E-state index contributed by atoms with van der Waals surface area (Å²) in [5.74, 6) is 2.17. The van der Waals surface area contributed by atoms with Crippen molar-refractivity contribution in [2.45, 2.75) is 51.8 Å². The lowest BCUT2D eigenvalue weighted by Gasteiger charge is -2.15. The number of hydrogen-bond donors (Lipinski definition) is 1. The summed E-state index contributed by atoms with van der Waals surface area (Å²) in [7, 11) is 1.89. The van der Waals surface area contributed by atoms with Crippen molar-refractivity contribution in [1.82, 2.24) is 14.8 Å². The average Bonchev–Trinajstić information content (AvgIpc) is 3.09. The molecule has 3 aromatic rings. The van der Waals surface area contributed by atoms with Crippen LogP contribution in [0.4, 0.5) is 5.69 Å². The van der Waals surface area contributed by atoms with Crippen LogP contribution >= 0.6 is 11.8 Å². The fraction of sp³-hybridized carbons (Fsp3) is 0.375. The van der Waals surface area contributed by atoms with E-state index in [2.05, 4.69) is 47.6 Å². The SMILES string of the molecule is Cc1ccc(NC(=O)CSc2nnc(C(C)Oc3ccc(C(C)C)cc3)n2C)c(C)c1. The maximum atomic E-state index is 12.4. The summed E-state index contributed by atoms with van der Waals surface area (Å²) in [5.41, 5.74) is 4.33. The second-order valence-electron chi connectivity index (χ2n) is 8.04.